The van der Waals surface area contributed by atoms with E-state index in [-0.39, 0.29) is 0 Å². The molecule has 0 saturated carbocycles. The van der Waals surface area contributed by atoms with Crippen LogP contribution in [0.3, 0.4) is 0 Å². The molecule has 1 heterocycles. The highest BCUT2D eigenvalue weighted by Gasteiger charge is 2.24. The molecule has 0 amide bonds. The third-order valence-electron chi connectivity index (χ3n) is 5.49. The standard InChI is InChI=1S/C21H31ClN2O/c1-14(2)23(15(3)4)12-16(25)13-24-20-11-6-5-8-17(20)18-9-7-10-19(22)21(18)24/h7,9-10,14-16,25H,5-6,8,11-13H2,1-4H3/t16-/m1/s1. The Morgan fingerprint density at radius 1 is 1.12 bits per heavy atom. The van der Waals surface area contributed by atoms with E-state index in [9.17, 15) is 5.11 Å². The quantitative estimate of drug-likeness (QED) is 0.809. The Labute approximate surface area is 156 Å². The highest BCUT2D eigenvalue weighted by molar-refractivity contribution is 6.35. The summed E-state index contributed by atoms with van der Waals surface area (Å²) in [6.45, 7) is 10.1. The van der Waals surface area contributed by atoms with Crippen LogP contribution in [0.15, 0.2) is 18.2 Å². The minimum absolute atomic E-state index is 0.400. The van der Waals surface area contributed by atoms with Gasteiger partial charge in [-0.25, -0.2) is 0 Å². The number of fused-ring (bicyclic) bond motifs is 3. The Bertz CT molecular complexity index is 727. The average Bonchev–Trinajstić information content (AvgIpc) is 2.88. The first-order chi connectivity index (χ1) is 11.9. The zero-order valence-electron chi connectivity index (χ0n) is 15.9. The summed E-state index contributed by atoms with van der Waals surface area (Å²) in [5, 5.41) is 12.9. The van der Waals surface area contributed by atoms with E-state index < -0.39 is 6.10 Å². The van der Waals surface area contributed by atoms with Gasteiger partial charge in [0.2, 0.25) is 0 Å². The molecule has 138 valence electrons. The van der Waals surface area contributed by atoms with E-state index in [1.165, 1.54) is 29.5 Å². The number of aryl methyl sites for hydroxylation is 1. The molecule has 1 aromatic carbocycles. The lowest BCUT2D eigenvalue weighted by Crippen LogP contribution is -2.43. The fraction of sp³-hybridized carbons (Fsp3) is 0.619. The maximum absolute atomic E-state index is 10.8. The molecule has 1 aliphatic rings. The number of halogens is 1. The van der Waals surface area contributed by atoms with Crippen LogP contribution >= 0.6 is 11.6 Å². The van der Waals surface area contributed by atoms with Gasteiger partial charge in [0.05, 0.1) is 23.2 Å². The first kappa shape index (κ1) is 18.8. The van der Waals surface area contributed by atoms with Crippen molar-refractivity contribution in [3.05, 3.63) is 34.5 Å². The maximum Gasteiger partial charge on any atom is 0.0846 e. The summed E-state index contributed by atoms with van der Waals surface area (Å²) in [4.78, 5) is 2.35. The predicted molar refractivity (Wildman–Crippen MR) is 107 cm³/mol. The molecule has 1 N–H and O–H groups in total. The van der Waals surface area contributed by atoms with Crippen LogP contribution in [-0.2, 0) is 19.4 Å². The van der Waals surface area contributed by atoms with Crippen molar-refractivity contribution in [2.75, 3.05) is 6.54 Å². The number of aliphatic hydroxyl groups excluding tert-OH is 1. The zero-order chi connectivity index (χ0) is 18.1. The molecule has 0 aliphatic heterocycles. The predicted octanol–water partition coefficient (Wildman–Crippen LogP) is 4.65. The van der Waals surface area contributed by atoms with E-state index in [2.05, 4.69) is 43.2 Å². The molecule has 3 nitrogen and oxygen atoms in total. The summed E-state index contributed by atoms with van der Waals surface area (Å²) >= 11 is 6.56. The summed E-state index contributed by atoms with van der Waals surface area (Å²) in [7, 11) is 0. The maximum atomic E-state index is 10.8. The Morgan fingerprint density at radius 3 is 2.48 bits per heavy atom. The van der Waals surface area contributed by atoms with E-state index >= 15 is 0 Å². The molecule has 0 spiro atoms. The highest BCUT2D eigenvalue weighted by atomic mass is 35.5. The van der Waals surface area contributed by atoms with Gasteiger partial charge in [0.1, 0.15) is 0 Å². The third-order valence-corrected chi connectivity index (χ3v) is 5.79. The van der Waals surface area contributed by atoms with Crippen molar-refractivity contribution in [3.8, 4) is 0 Å². The number of nitrogens with zero attached hydrogens (tertiary/aromatic N) is 2. The second-order valence-electron chi connectivity index (χ2n) is 7.92. The van der Waals surface area contributed by atoms with Crippen LogP contribution < -0.4 is 0 Å². The number of hydrogen-bond donors (Lipinski definition) is 1. The van der Waals surface area contributed by atoms with Gasteiger partial charge in [-0.3, -0.25) is 4.90 Å². The lowest BCUT2D eigenvalue weighted by molar-refractivity contribution is 0.0657. The molecule has 0 unspecified atom stereocenters. The largest absolute Gasteiger partial charge is 0.390 e. The zero-order valence-corrected chi connectivity index (χ0v) is 16.7. The van der Waals surface area contributed by atoms with Crippen molar-refractivity contribution in [1.29, 1.82) is 0 Å². The van der Waals surface area contributed by atoms with E-state index in [4.69, 9.17) is 11.6 Å². The number of rotatable bonds is 6. The molecule has 1 aliphatic carbocycles. The normalized spacial score (nSPS) is 16.2. The second kappa shape index (κ2) is 7.69. The van der Waals surface area contributed by atoms with Crippen molar-refractivity contribution < 1.29 is 5.11 Å². The summed E-state index contributed by atoms with van der Waals surface area (Å²) in [5.74, 6) is 0. The molecule has 0 bridgehead atoms. The van der Waals surface area contributed by atoms with Crippen LogP contribution in [0.5, 0.6) is 0 Å². The average molecular weight is 363 g/mol. The molecular formula is C21H31ClN2O. The van der Waals surface area contributed by atoms with E-state index in [1.807, 2.05) is 12.1 Å². The van der Waals surface area contributed by atoms with Gasteiger partial charge in [-0.15, -0.1) is 0 Å². The van der Waals surface area contributed by atoms with Crippen LogP contribution in [0, 0.1) is 0 Å². The molecule has 0 fully saturated rings. The topological polar surface area (TPSA) is 28.4 Å². The Hall–Kier alpha value is -1.03. The monoisotopic (exact) mass is 362 g/mol. The van der Waals surface area contributed by atoms with Crippen LogP contribution in [0.1, 0.15) is 51.8 Å². The summed E-state index contributed by atoms with van der Waals surface area (Å²) in [5.41, 5.74) is 3.94. The smallest absolute Gasteiger partial charge is 0.0846 e. The summed E-state index contributed by atoms with van der Waals surface area (Å²) < 4.78 is 2.30. The Morgan fingerprint density at radius 2 is 1.80 bits per heavy atom. The molecule has 1 aromatic heterocycles. The number of aromatic nitrogens is 1. The Balaban J connectivity index is 1.93. The van der Waals surface area contributed by atoms with Crippen LogP contribution in [0.4, 0.5) is 0 Å². The van der Waals surface area contributed by atoms with Crippen molar-refractivity contribution >= 4 is 22.5 Å². The van der Waals surface area contributed by atoms with Gasteiger partial charge in [-0.2, -0.15) is 0 Å². The summed E-state index contributed by atoms with van der Waals surface area (Å²) in [6.07, 6.45) is 4.28. The van der Waals surface area contributed by atoms with Crippen molar-refractivity contribution in [2.24, 2.45) is 0 Å². The number of aliphatic hydroxyl groups is 1. The van der Waals surface area contributed by atoms with Gasteiger partial charge in [-0.05, 0) is 65.0 Å². The first-order valence-electron chi connectivity index (χ1n) is 9.62. The highest BCUT2D eigenvalue weighted by Crippen LogP contribution is 2.35. The lowest BCUT2D eigenvalue weighted by atomic mass is 9.95. The number of para-hydroxylation sites is 1. The van der Waals surface area contributed by atoms with Gasteiger partial charge in [0.15, 0.2) is 0 Å². The first-order valence-corrected chi connectivity index (χ1v) is 10.00. The minimum Gasteiger partial charge on any atom is -0.390 e. The lowest BCUT2D eigenvalue weighted by Gasteiger charge is -2.32. The third kappa shape index (κ3) is 3.74. The van der Waals surface area contributed by atoms with Gasteiger partial charge in [0, 0.05) is 29.7 Å². The van der Waals surface area contributed by atoms with E-state index in [1.54, 1.807) is 0 Å². The molecule has 1 atom stereocenters. The molecule has 2 aromatic rings. The van der Waals surface area contributed by atoms with Gasteiger partial charge < -0.3 is 9.67 Å². The van der Waals surface area contributed by atoms with Gasteiger partial charge >= 0.3 is 0 Å². The molecular weight excluding hydrogens is 332 g/mol. The van der Waals surface area contributed by atoms with Gasteiger partial charge in [0.25, 0.3) is 0 Å². The molecule has 4 heteroatoms. The minimum atomic E-state index is -0.400. The number of hydrogen-bond acceptors (Lipinski definition) is 2. The van der Waals surface area contributed by atoms with Crippen LogP contribution in [0.25, 0.3) is 10.9 Å². The second-order valence-corrected chi connectivity index (χ2v) is 8.32. The van der Waals surface area contributed by atoms with E-state index in [0.717, 1.165) is 23.4 Å². The molecule has 25 heavy (non-hydrogen) atoms. The Kier molecular flexibility index (Phi) is 5.77. The number of benzene rings is 1. The molecule has 0 radical (unpaired) electrons. The fourth-order valence-corrected chi connectivity index (χ4v) is 4.65. The SMILES string of the molecule is CC(C)N(C[C@@H](O)Cn1c2c(c3cccc(Cl)c31)CCCC2)C(C)C. The van der Waals surface area contributed by atoms with Crippen LogP contribution in [-0.4, -0.2) is 39.3 Å². The van der Waals surface area contributed by atoms with Crippen molar-refractivity contribution in [1.82, 2.24) is 9.47 Å². The van der Waals surface area contributed by atoms with Crippen molar-refractivity contribution in [2.45, 2.75) is 78.1 Å². The van der Waals surface area contributed by atoms with Crippen molar-refractivity contribution in [3.63, 3.8) is 0 Å². The van der Waals surface area contributed by atoms with Gasteiger partial charge in [-0.1, -0.05) is 23.7 Å². The fourth-order valence-electron chi connectivity index (χ4n) is 4.38. The molecule has 3 rings (SSSR count). The summed E-state index contributed by atoms with van der Waals surface area (Å²) in [6, 6.07) is 7.04. The molecule has 0 saturated heterocycles. The van der Waals surface area contributed by atoms with E-state index in [0.29, 0.717) is 25.2 Å². The van der Waals surface area contributed by atoms with Crippen LogP contribution in [0.2, 0.25) is 5.02 Å².